The van der Waals surface area contributed by atoms with Crippen LogP contribution in [0.4, 0.5) is 0 Å². The topological polar surface area (TPSA) is 104 Å². The Kier molecular flexibility index (Phi) is 8.67. The molecule has 0 fully saturated rings. The van der Waals surface area contributed by atoms with Crippen molar-refractivity contribution >= 4 is 27.7 Å². The monoisotopic (exact) mass is 499 g/mol. The fourth-order valence-corrected chi connectivity index (χ4v) is 5.70. The van der Waals surface area contributed by atoms with Gasteiger partial charge in [-0.15, -0.1) is 0 Å². The third-order valence-electron chi connectivity index (χ3n) is 5.93. The summed E-state index contributed by atoms with van der Waals surface area (Å²) in [6.45, 7) is 6.53. The van der Waals surface area contributed by atoms with E-state index in [2.05, 4.69) is 5.32 Å². The molecule has 1 aliphatic heterocycles. The molecule has 1 aliphatic rings. The predicted molar refractivity (Wildman–Crippen MR) is 133 cm³/mol. The highest BCUT2D eigenvalue weighted by molar-refractivity contribution is 7.90. The maximum atomic E-state index is 13.3. The molecule has 9 heteroatoms. The molecule has 188 valence electrons. The van der Waals surface area contributed by atoms with Crippen LogP contribution in [-0.4, -0.2) is 54.5 Å². The van der Waals surface area contributed by atoms with Crippen molar-refractivity contribution in [3.05, 3.63) is 65.7 Å². The van der Waals surface area contributed by atoms with Crippen LogP contribution in [0.15, 0.2) is 59.5 Å². The summed E-state index contributed by atoms with van der Waals surface area (Å²) in [5.74, 6) is -0.771. The van der Waals surface area contributed by atoms with Crippen molar-refractivity contribution in [2.24, 2.45) is 5.92 Å². The maximum Gasteiger partial charge on any atom is 0.269 e. The summed E-state index contributed by atoms with van der Waals surface area (Å²) in [5, 5.41) is 2.92. The van der Waals surface area contributed by atoms with Gasteiger partial charge < -0.3 is 10.2 Å². The molecule has 0 spiro atoms. The first-order chi connectivity index (χ1) is 16.7. The van der Waals surface area contributed by atoms with Gasteiger partial charge in [0.15, 0.2) is 0 Å². The van der Waals surface area contributed by atoms with Gasteiger partial charge in [0.2, 0.25) is 11.8 Å². The zero-order valence-electron chi connectivity index (χ0n) is 20.4. The second-order valence-corrected chi connectivity index (χ2v) is 10.9. The van der Waals surface area contributed by atoms with Crippen LogP contribution in [0.2, 0.25) is 0 Å². The Morgan fingerprint density at radius 1 is 1.03 bits per heavy atom. The highest BCUT2D eigenvalue weighted by atomic mass is 32.2. The molecule has 0 aromatic heterocycles. The molecular formula is C26H33N3O5S. The molecule has 2 aromatic carbocycles. The number of sulfonamides is 1. The van der Waals surface area contributed by atoms with Crippen LogP contribution in [-0.2, 0) is 26.2 Å². The molecule has 2 aromatic rings. The van der Waals surface area contributed by atoms with E-state index in [1.807, 2.05) is 51.1 Å². The van der Waals surface area contributed by atoms with Crippen LogP contribution < -0.4 is 5.32 Å². The molecule has 0 aliphatic carbocycles. The number of rotatable bonds is 11. The van der Waals surface area contributed by atoms with Gasteiger partial charge in [0, 0.05) is 26.1 Å². The molecule has 35 heavy (non-hydrogen) atoms. The lowest BCUT2D eigenvalue weighted by atomic mass is 10.1. The smallest absolute Gasteiger partial charge is 0.269 e. The third kappa shape index (κ3) is 6.08. The average molecular weight is 500 g/mol. The van der Waals surface area contributed by atoms with E-state index >= 15 is 0 Å². The van der Waals surface area contributed by atoms with Crippen molar-refractivity contribution in [1.82, 2.24) is 14.5 Å². The normalized spacial score (nSPS) is 15.1. The van der Waals surface area contributed by atoms with E-state index in [-0.39, 0.29) is 54.1 Å². The van der Waals surface area contributed by atoms with Crippen molar-refractivity contribution < 1.29 is 22.8 Å². The number of fused-ring (bicyclic) bond motifs is 1. The highest BCUT2D eigenvalue weighted by Gasteiger charge is 2.40. The summed E-state index contributed by atoms with van der Waals surface area (Å²) >= 11 is 0. The van der Waals surface area contributed by atoms with Crippen LogP contribution in [0.3, 0.4) is 0 Å². The molecular weight excluding hydrogens is 466 g/mol. The number of hydrogen-bond donors (Lipinski definition) is 1. The Hall–Kier alpha value is -3.20. The van der Waals surface area contributed by atoms with E-state index in [1.165, 1.54) is 12.1 Å². The molecule has 0 saturated carbocycles. The predicted octanol–water partition coefficient (Wildman–Crippen LogP) is 3.19. The molecule has 1 N–H and O–H groups in total. The number of carbonyl (C=O) groups excluding carboxylic acids is 3. The molecule has 3 rings (SSSR count). The summed E-state index contributed by atoms with van der Waals surface area (Å²) < 4.78 is 26.4. The van der Waals surface area contributed by atoms with Crippen molar-refractivity contribution in [1.29, 1.82) is 0 Å². The van der Waals surface area contributed by atoms with E-state index in [9.17, 15) is 22.8 Å². The largest absolute Gasteiger partial charge is 0.354 e. The van der Waals surface area contributed by atoms with Crippen LogP contribution >= 0.6 is 0 Å². The van der Waals surface area contributed by atoms with Gasteiger partial charge in [0.25, 0.3) is 15.9 Å². The van der Waals surface area contributed by atoms with Gasteiger partial charge in [-0.2, -0.15) is 0 Å². The van der Waals surface area contributed by atoms with Gasteiger partial charge in [-0.3, -0.25) is 14.4 Å². The molecule has 0 radical (unpaired) electrons. The Bertz CT molecular complexity index is 1160. The van der Waals surface area contributed by atoms with E-state index < -0.39 is 22.0 Å². The maximum absolute atomic E-state index is 13.3. The van der Waals surface area contributed by atoms with Crippen LogP contribution in [0.5, 0.6) is 0 Å². The molecule has 0 unspecified atom stereocenters. The quantitative estimate of drug-likeness (QED) is 0.511. The van der Waals surface area contributed by atoms with Gasteiger partial charge in [0.1, 0.15) is 10.9 Å². The fraction of sp³-hybridized carbons (Fsp3) is 0.423. The number of nitrogens with zero attached hydrogens (tertiary/aromatic N) is 2. The molecule has 1 heterocycles. The summed E-state index contributed by atoms with van der Waals surface area (Å²) in [5.41, 5.74) is 1.04. The molecule has 1 atom stereocenters. The Labute approximate surface area is 207 Å². The molecule has 8 nitrogen and oxygen atoms in total. The van der Waals surface area contributed by atoms with Gasteiger partial charge in [0.05, 0.1) is 5.56 Å². The zero-order chi connectivity index (χ0) is 25.6. The van der Waals surface area contributed by atoms with Gasteiger partial charge in [-0.25, -0.2) is 12.7 Å². The SMILES string of the molecule is CC[C@@H](C(=O)NCC(C)C)N(Cc1ccccc1)C(=O)CCCN1C(=O)c2ccccc2S1(=O)=O. The summed E-state index contributed by atoms with van der Waals surface area (Å²) in [6, 6.07) is 14.9. The second-order valence-electron chi connectivity index (χ2n) is 9.05. The number of carbonyl (C=O) groups is 3. The summed E-state index contributed by atoms with van der Waals surface area (Å²) in [7, 11) is -3.92. The van der Waals surface area contributed by atoms with E-state index in [0.717, 1.165) is 9.87 Å². The zero-order valence-corrected chi connectivity index (χ0v) is 21.3. The van der Waals surface area contributed by atoms with Gasteiger partial charge in [-0.05, 0) is 36.5 Å². The lowest BCUT2D eigenvalue weighted by Gasteiger charge is -2.31. The Balaban J connectivity index is 1.72. The van der Waals surface area contributed by atoms with Crippen LogP contribution in [0, 0.1) is 5.92 Å². The first-order valence-corrected chi connectivity index (χ1v) is 13.4. The summed E-state index contributed by atoms with van der Waals surface area (Å²) in [6.07, 6.45) is 0.611. The lowest BCUT2D eigenvalue weighted by molar-refractivity contribution is -0.141. The lowest BCUT2D eigenvalue weighted by Crippen LogP contribution is -2.49. The highest BCUT2D eigenvalue weighted by Crippen LogP contribution is 2.30. The van der Waals surface area contributed by atoms with Crippen molar-refractivity contribution in [3.63, 3.8) is 0 Å². The van der Waals surface area contributed by atoms with Gasteiger partial charge in [-0.1, -0.05) is 63.2 Å². The third-order valence-corrected chi connectivity index (χ3v) is 7.77. The van der Waals surface area contributed by atoms with E-state index in [0.29, 0.717) is 13.0 Å². The second kappa shape index (κ2) is 11.5. The van der Waals surface area contributed by atoms with Crippen LogP contribution in [0.1, 0.15) is 56.0 Å². The number of amides is 3. The van der Waals surface area contributed by atoms with E-state index in [1.54, 1.807) is 17.0 Å². The minimum Gasteiger partial charge on any atom is -0.354 e. The molecule has 3 amide bonds. The van der Waals surface area contributed by atoms with Crippen molar-refractivity contribution in [2.45, 2.75) is 57.5 Å². The average Bonchev–Trinajstić information content (AvgIpc) is 3.03. The first kappa shape index (κ1) is 26.4. The van der Waals surface area contributed by atoms with Crippen molar-refractivity contribution in [3.8, 4) is 0 Å². The molecule has 0 bridgehead atoms. The first-order valence-electron chi connectivity index (χ1n) is 11.9. The Morgan fingerprint density at radius 2 is 1.69 bits per heavy atom. The fourth-order valence-electron chi connectivity index (χ4n) is 4.09. The van der Waals surface area contributed by atoms with Gasteiger partial charge >= 0.3 is 0 Å². The van der Waals surface area contributed by atoms with Crippen LogP contribution in [0.25, 0.3) is 0 Å². The number of hydrogen-bond acceptors (Lipinski definition) is 5. The Morgan fingerprint density at radius 3 is 2.31 bits per heavy atom. The summed E-state index contributed by atoms with van der Waals surface area (Å²) in [4.78, 5) is 40.4. The minimum absolute atomic E-state index is 0.00472. The van der Waals surface area contributed by atoms with Crippen molar-refractivity contribution in [2.75, 3.05) is 13.1 Å². The standard InChI is InChI=1S/C26H33N3O5S/c1-4-22(25(31)27-17-19(2)3)28(18-20-11-6-5-7-12-20)24(30)15-10-16-29-26(32)21-13-8-9-14-23(21)35(29,33)34/h5-9,11-14,19,22H,4,10,15-18H2,1-3H3,(H,27,31)/t22-/m0/s1. The molecule has 0 saturated heterocycles. The van der Waals surface area contributed by atoms with E-state index in [4.69, 9.17) is 0 Å². The minimum atomic E-state index is -3.92. The number of nitrogens with one attached hydrogen (secondary N) is 1. The number of benzene rings is 2.